The Labute approximate surface area is 68.0 Å². The van der Waals surface area contributed by atoms with Crippen LogP contribution in [0.15, 0.2) is 0 Å². The lowest BCUT2D eigenvalue weighted by molar-refractivity contribution is 0.255. The molecule has 0 aromatic heterocycles. The average Bonchev–Trinajstić information content (AvgIpc) is 2.84. The van der Waals surface area contributed by atoms with Crippen LogP contribution < -0.4 is 5.32 Å². The second-order valence-corrected chi connectivity index (χ2v) is 3.90. The van der Waals surface area contributed by atoms with Gasteiger partial charge in [-0.25, -0.2) is 0 Å². The summed E-state index contributed by atoms with van der Waals surface area (Å²) in [6.07, 6.45) is 6.43. The molecule has 0 saturated heterocycles. The summed E-state index contributed by atoms with van der Waals surface area (Å²) in [7, 11) is 0. The molecule has 64 valence electrons. The Hall–Kier alpha value is -0.0800. The number of hydrogen-bond acceptors (Lipinski definition) is 2. The predicted octanol–water partition coefficient (Wildman–Crippen LogP) is 0.899. The summed E-state index contributed by atoms with van der Waals surface area (Å²) >= 11 is 0. The van der Waals surface area contributed by atoms with Gasteiger partial charge in [0.2, 0.25) is 0 Å². The maximum absolute atomic E-state index is 8.81. The molecule has 11 heavy (non-hydrogen) atoms. The molecule has 2 fully saturated rings. The predicted molar refractivity (Wildman–Crippen MR) is 44.4 cm³/mol. The van der Waals surface area contributed by atoms with Gasteiger partial charge in [-0.05, 0) is 38.0 Å². The number of rotatable bonds is 5. The summed E-state index contributed by atoms with van der Waals surface area (Å²) in [5.74, 6) is 0.891. The summed E-state index contributed by atoms with van der Waals surface area (Å²) in [5, 5.41) is 12.4. The Morgan fingerprint density at radius 1 is 1.27 bits per heavy atom. The van der Waals surface area contributed by atoms with Crippen LogP contribution in [0.1, 0.15) is 32.1 Å². The Balaban J connectivity index is 1.72. The van der Waals surface area contributed by atoms with Gasteiger partial charge in [0.25, 0.3) is 0 Å². The first-order chi connectivity index (χ1) is 5.40. The molecule has 2 heteroatoms. The normalized spacial score (nSPS) is 27.0. The summed E-state index contributed by atoms with van der Waals surface area (Å²) in [4.78, 5) is 0. The summed E-state index contributed by atoms with van der Waals surface area (Å²) < 4.78 is 0. The zero-order valence-corrected chi connectivity index (χ0v) is 6.92. The van der Waals surface area contributed by atoms with E-state index in [0.29, 0.717) is 12.6 Å². The Bertz CT molecular complexity index is 130. The summed E-state index contributed by atoms with van der Waals surface area (Å²) in [5.41, 5.74) is 0. The summed E-state index contributed by atoms with van der Waals surface area (Å²) in [6.45, 7) is 0.348. The van der Waals surface area contributed by atoms with Crippen molar-refractivity contribution in [2.75, 3.05) is 6.61 Å². The first-order valence-corrected chi connectivity index (χ1v) is 4.77. The van der Waals surface area contributed by atoms with Crippen LogP contribution in [0.4, 0.5) is 0 Å². The molecule has 0 amide bonds. The topological polar surface area (TPSA) is 32.3 Å². The van der Waals surface area contributed by atoms with E-state index < -0.39 is 0 Å². The van der Waals surface area contributed by atoms with Crippen LogP contribution >= 0.6 is 0 Å². The third-order valence-corrected chi connectivity index (χ3v) is 2.66. The minimum absolute atomic E-state index is 0.348. The molecule has 0 bridgehead atoms. The van der Waals surface area contributed by atoms with Crippen molar-refractivity contribution in [3.63, 3.8) is 0 Å². The molecule has 0 radical (unpaired) electrons. The molecule has 2 rings (SSSR count). The highest BCUT2D eigenvalue weighted by molar-refractivity contribution is 4.92. The maximum Gasteiger partial charge on any atom is 0.0445 e. The van der Waals surface area contributed by atoms with Gasteiger partial charge in [-0.1, -0.05) is 0 Å². The molecule has 0 unspecified atom stereocenters. The van der Waals surface area contributed by atoms with E-state index in [0.717, 1.165) is 18.4 Å². The average molecular weight is 155 g/mol. The number of aliphatic hydroxyl groups excluding tert-OH is 1. The van der Waals surface area contributed by atoms with E-state index in [1.54, 1.807) is 0 Å². The zero-order chi connectivity index (χ0) is 7.68. The fourth-order valence-electron chi connectivity index (χ4n) is 1.65. The Morgan fingerprint density at radius 3 is 2.45 bits per heavy atom. The van der Waals surface area contributed by atoms with Crippen molar-refractivity contribution in [2.45, 2.75) is 44.2 Å². The molecular weight excluding hydrogens is 138 g/mol. The molecule has 0 heterocycles. The molecule has 1 atom stereocenters. The monoisotopic (exact) mass is 155 g/mol. The van der Waals surface area contributed by atoms with E-state index >= 15 is 0 Å². The van der Waals surface area contributed by atoms with Gasteiger partial charge in [-0.3, -0.25) is 0 Å². The van der Waals surface area contributed by atoms with Crippen LogP contribution in [0.2, 0.25) is 0 Å². The highest BCUT2D eigenvalue weighted by atomic mass is 16.3. The Kier molecular flexibility index (Phi) is 2.14. The van der Waals surface area contributed by atoms with Gasteiger partial charge in [0.05, 0.1) is 0 Å². The van der Waals surface area contributed by atoms with Crippen LogP contribution in [-0.2, 0) is 0 Å². The van der Waals surface area contributed by atoms with Crippen LogP contribution in [0.5, 0.6) is 0 Å². The van der Waals surface area contributed by atoms with Gasteiger partial charge in [-0.15, -0.1) is 0 Å². The number of hydrogen-bond donors (Lipinski definition) is 2. The fourth-order valence-corrected chi connectivity index (χ4v) is 1.65. The largest absolute Gasteiger partial charge is 0.396 e. The number of aliphatic hydroxyl groups is 1. The minimum Gasteiger partial charge on any atom is -0.396 e. The molecular formula is C9H17NO. The van der Waals surface area contributed by atoms with Crippen molar-refractivity contribution in [1.82, 2.24) is 5.32 Å². The van der Waals surface area contributed by atoms with E-state index in [4.69, 9.17) is 5.11 Å². The van der Waals surface area contributed by atoms with Crippen LogP contribution in [-0.4, -0.2) is 23.8 Å². The van der Waals surface area contributed by atoms with Crippen molar-refractivity contribution in [3.05, 3.63) is 0 Å². The quantitative estimate of drug-likeness (QED) is 0.618. The third-order valence-electron chi connectivity index (χ3n) is 2.66. The van der Waals surface area contributed by atoms with Gasteiger partial charge >= 0.3 is 0 Å². The van der Waals surface area contributed by atoms with Crippen LogP contribution in [0.25, 0.3) is 0 Å². The lowest BCUT2D eigenvalue weighted by Gasteiger charge is -2.15. The van der Waals surface area contributed by atoms with Crippen molar-refractivity contribution < 1.29 is 5.11 Å². The van der Waals surface area contributed by atoms with Gasteiger partial charge < -0.3 is 10.4 Å². The molecule has 2 aliphatic rings. The van der Waals surface area contributed by atoms with E-state index in [2.05, 4.69) is 5.32 Å². The smallest absolute Gasteiger partial charge is 0.0445 e. The Morgan fingerprint density at radius 2 is 2.00 bits per heavy atom. The second kappa shape index (κ2) is 3.11. The first-order valence-electron chi connectivity index (χ1n) is 4.77. The van der Waals surface area contributed by atoms with Crippen molar-refractivity contribution in [2.24, 2.45) is 5.92 Å². The second-order valence-electron chi connectivity index (χ2n) is 3.90. The maximum atomic E-state index is 8.81. The molecule has 0 spiro atoms. The summed E-state index contributed by atoms with van der Waals surface area (Å²) in [6, 6.07) is 1.43. The van der Waals surface area contributed by atoms with E-state index in [1.165, 1.54) is 25.7 Å². The lowest BCUT2D eigenvalue weighted by atomic mass is 10.1. The van der Waals surface area contributed by atoms with E-state index in [1.807, 2.05) is 0 Å². The van der Waals surface area contributed by atoms with Crippen LogP contribution in [0, 0.1) is 5.92 Å². The van der Waals surface area contributed by atoms with Gasteiger partial charge in [0, 0.05) is 18.7 Å². The molecule has 2 N–H and O–H groups in total. The SMILES string of the molecule is OCC[C@H](NC1CC1)C1CC1. The number of nitrogens with one attached hydrogen (secondary N) is 1. The molecule has 0 aromatic carbocycles. The van der Waals surface area contributed by atoms with Crippen molar-refractivity contribution >= 4 is 0 Å². The molecule has 0 aliphatic heterocycles. The standard InChI is InChI=1S/C9H17NO/c11-6-5-9(7-1-2-7)10-8-3-4-8/h7-11H,1-6H2/t9-/m0/s1. The van der Waals surface area contributed by atoms with Crippen molar-refractivity contribution in [1.29, 1.82) is 0 Å². The van der Waals surface area contributed by atoms with Crippen molar-refractivity contribution in [3.8, 4) is 0 Å². The van der Waals surface area contributed by atoms with Gasteiger partial charge in [-0.2, -0.15) is 0 Å². The first kappa shape index (κ1) is 7.56. The molecule has 2 saturated carbocycles. The highest BCUT2D eigenvalue weighted by Gasteiger charge is 2.34. The van der Waals surface area contributed by atoms with Crippen LogP contribution in [0.3, 0.4) is 0 Å². The van der Waals surface area contributed by atoms with Gasteiger partial charge in [0.15, 0.2) is 0 Å². The molecule has 2 aliphatic carbocycles. The minimum atomic E-state index is 0.348. The lowest BCUT2D eigenvalue weighted by Crippen LogP contribution is -2.33. The zero-order valence-electron chi connectivity index (χ0n) is 6.92. The van der Waals surface area contributed by atoms with E-state index in [9.17, 15) is 0 Å². The molecule has 0 aromatic rings. The third kappa shape index (κ3) is 2.17. The van der Waals surface area contributed by atoms with E-state index in [-0.39, 0.29) is 0 Å². The molecule has 2 nitrogen and oxygen atoms in total. The van der Waals surface area contributed by atoms with Gasteiger partial charge in [0.1, 0.15) is 0 Å². The highest BCUT2D eigenvalue weighted by Crippen LogP contribution is 2.35. The fraction of sp³-hybridized carbons (Fsp3) is 1.00.